The minimum atomic E-state index is 0.0741. The quantitative estimate of drug-likeness (QED) is 0.897. The third-order valence-corrected chi connectivity index (χ3v) is 4.31. The van der Waals surface area contributed by atoms with Crippen LogP contribution in [0.15, 0.2) is 22.7 Å². The number of nitrogens with zero attached hydrogens (tertiary/aromatic N) is 1. The Balaban J connectivity index is 1.72. The Morgan fingerprint density at radius 2 is 2.32 bits per heavy atom. The van der Waals surface area contributed by atoms with Gasteiger partial charge in [0.25, 0.3) is 0 Å². The Bertz CT molecular complexity index is 486. The first-order valence-electron chi connectivity index (χ1n) is 6.80. The molecule has 2 aliphatic rings. The van der Waals surface area contributed by atoms with E-state index in [9.17, 15) is 4.79 Å². The van der Waals surface area contributed by atoms with Crippen LogP contribution in [-0.2, 0) is 4.79 Å². The number of anilines is 2. The summed E-state index contributed by atoms with van der Waals surface area (Å²) in [6.07, 6.45) is 3.63. The lowest BCUT2D eigenvalue weighted by Crippen LogP contribution is -2.40. The number of fused-ring (bicyclic) bond motifs is 1. The summed E-state index contributed by atoms with van der Waals surface area (Å²) in [5.41, 5.74) is 2.03. The lowest BCUT2D eigenvalue weighted by molar-refractivity contribution is -0.115. The van der Waals surface area contributed by atoms with Crippen molar-refractivity contribution in [2.45, 2.75) is 25.3 Å². The largest absolute Gasteiger partial charge is 0.360 e. The van der Waals surface area contributed by atoms with E-state index in [1.807, 2.05) is 12.1 Å². The summed E-state index contributed by atoms with van der Waals surface area (Å²) in [7, 11) is 0. The molecule has 4 nitrogen and oxygen atoms in total. The Kier molecular flexibility index (Phi) is 3.75. The van der Waals surface area contributed by atoms with Crippen LogP contribution in [0.25, 0.3) is 0 Å². The van der Waals surface area contributed by atoms with Crippen molar-refractivity contribution in [2.24, 2.45) is 0 Å². The van der Waals surface area contributed by atoms with Gasteiger partial charge in [-0.25, -0.2) is 0 Å². The second-order valence-corrected chi connectivity index (χ2v) is 6.13. The third kappa shape index (κ3) is 2.92. The van der Waals surface area contributed by atoms with Gasteiger partial charge in [-0.2, -0.15) is 0 Å². The monoisotopic (exact) mass is 323 g/mol. The fourth-order valence-electron chi connectivity index (χ4n) is 2.85. The fraction of sp³-hybridized carbons (Fsp3) is 0.500. The van der Waals surface area contributed by atoms with Crippen molar-refractivity contribution in [3.63, 3.8) is 0 Å². The van der Waals surface area contributed by atoms with Gasteiger partial charge in [-0.1, -0.05) is 15.9 Å². The number of halogens is 1. The van der Waals surface area contributed by atoms with Gasteiger partial charge in [-0.15, -0.1) is 0 Å². The molecule has 1 unspecified atom stereocenters. The molecule has 0 aromatic heterocycles. The molecule has 5 heteroatoms. The maximum Gasteiger partial charge on any atom is 0.243 e. The molecule has 0 saturated carbocycles. The predicted octanol–water partition coefficient (Wildman–Crippen LogP) is 2.35. The molecule has 1 saturated heterocycles. The molecule has 3 rings (SSSR count). The van der Waals surface area contributed by atoms with Gasteiger partial charge in [0.2, 0.25) is 5.91 Å². The molecular weight excluding hydrogens is 306 g/mol. The number of hydrogen-bond acceptors (Lipinski definition) is 3. The Morgan fingerprint density at radius 3 is 3.11 bits per heavy atom. The van der Waals surface area contributed by atoms with Gasteiger partial charge < -0.3 is 15.5 Å². The molecule has 1 fully saturated rings. The normalized spacial score (nSPS) is 22.3. The molecule has 0 bridgehead atoms. The maximum absolute atomic E-state index is 11.8. The van der Waals surface area contributed by atoms with Crippen LogP contribution < -0.4 is 15.5 Å². The lowest BCUT2D eigenvalue weighted by Gasteiger charge is -2.31. The molecule has 0 aliphatic carbocycles. The average Bonchev–Trinajstić information content (AvgIpc) is 2.88. The van der Waals surface area contributed by atoms with Crippen molar-refractivity contribution in [1.82, 2.24) is 5.32 Å². The van der Waals surface area contributed by atoms with Crippen LogP contribution in [0.3, 0.4) is 0 Å². The molecule has 2 heterocycles. The van der Waals surface area contributed by atoms with E-state index >= 15 is 0 Å². The standard InChI is InChI=1S/C14H18BrN3O/c15-10-3-4-13-12(8-10)17-14(19)9-18(13)7-5-11-2-1-6-16-11/h3-4,8,11,16H,1-2,5-7,9H2,(H,17,19). The maximum atomic E-state index is 11.8. The number of hydrogen-bond donors (Lipinski definition) is 2. The smallest absolute Gasteiger partial charge is 0.243 e. The fourth-order valence-corrected chi connectivity index (χ4v) is 3.21. The van der Waals surface area contributed by atoms with Gasteiger partial charge >= 0.3 is 0 Å². The zero-order valence-electron chi connectivity index (χ0n) is 10.8. The summed E-state index contributed by atoms with van der Waals surface area (Å²) in [5.74, 6) is 0.0741. The summed E-state index contributed by atoms with van der Waals surface area (Å²) in [5, 5.41) is 6.44. The first kappa shape index (κ1) is 12.9. The van der Waals surface area contributed by atoms with E-state index in [0.29, 0.717) is 12.6 Å². The number of amides is 1. The van der Waals surface area contributed by atoms with Crippen LogP contribution in [0.4, 0.5) is 11.4 Å². The van der Waals surface area contributed by atoms with E-state index in [-0.39, 0.29) is 5.91 Å². The minimum Gasteiger partial charge on any atom is -0.360 e. The summed E-state index contributed by atoms with van der Waals surface area (Å²) < 4.78 is 0.992. The van der Waals surface area contributed by atoms with E-state index in [1.54, 1.807) is 0 Å². The second kappa shape index (κ2) is 5.51. The van der Waals surface area contributed by atoms with Crippen molar-refractivity contribution in [3.05, 3.63) is 22.7 Å². The van der Waals surface area contributed by atoms with Crippen molar-refractivity contribution in [1.29, 1.82) is 0 Å². The molecule has 2 aliphatic heterocycles. The van der Waals surface area contributed by atoms with Crippen LogP contribution in [0.2, 0.25) is 0 Å². The Labute approximate surface area is 121 Å². The summed E-state index contributed by atoms with van der Waals surface area (Å²) >= 11 is 3.44. The third-order valence-electron chi connectivity index (χ3n) is 3.82. The van der Waals surface area contributed by atoms with Gasteiger partial charge in [-0.05, 0) is 44.0 Å². The van der Waals surface area contributed by atoms with Crippen molar-refractivity contribution in [2.75, 3.05) is 29.9 Å². The highest BCUT2D eigenvalue weighted by Crippen LogP contribution is 2.32. The highest BCUT2D eigenvalue weighted by molar-refractivity contribution is 9.10. The topological polar surface area (TPSA) is 44.4 Å². The van der Waals surface area contributed by atoms with Crippen LogP contribution in [-0.4, -0.2) is 31.6 Å². The van der Waals surface area contributed by atoms with Gasteiger partial charge in [0.1, 0.15) is 0 Å². The van der Waals surface area contributed by atoms with Gasteiger partial charge in [0, 0.05) is 17.1 Å². The van der Waals surface area contributed by atoms with Gasteiger partial charge in [0.15, 0.2) is 0 Å². The molecule has 1 aromatic rings. The zero-order chi connectivity index (χ0) is 13.2. The molecule has 1 aromatic carbocycles. The Morgan fingerprint density at radius 1 is 1.42 bits per heavy atom. The van der Waals surface area contributed by atoms with Crippen molar-refractivity contribution < 1.29 is 4.79 Å². The molecule has 2 N–H and O–H groups in total. The van der Waals surface area contributed by atoms with Crippen molar-refractivity contribution in [3.8, 4) is 0 Å². The molecule has 1 atom stereocenters. The first-order valence-corrected chi connectivity index (χ1v) is 7.59. The number of carbonyl (C=O) groups is 1. The minimum absolute atomic E-state index is 0.0741. The molecule has 102 valence electrons. The highest BCUT2D eigenvalue weighted by Gasteiger charge is 2.23. The molecule has 1 amide bonds. The number of carbonyl (C=O) groups excluding carboxylic acids is 1. The summed E-state index contributed by atoms with van der Waals surface area (Å²) in [6, 6.07) is 6.68. The molecular formula is C14H18BrN3O. The summed E-state index contributed by atoms with van der Waals surface area (Å²) in [4.78, 5) is 13.9. The summed E-state index contributed by atoms with van der Waals surface area (Å²) in [6.45, 7) is 2.52. The van der Waals surface area contributed by atoms with E-state index in [4.69, 9.17) is 0 Å². The molecule has 0 spiro atoms. The van der Waals surface area contributed by atoms with Gasteiger partial charge in [-0.3, -0.25) is 4.79 Å². The second-order valence-electron chi connectivity index (χ2n) is 5.21. The zero-order valence-corrected chi connectivity index (χ0v) is 12.4. The highest BCUT2D eigenvalue weighted by atomic mass is 79.9. The predicted molar refractivity (Wildman–Crippen MR) is 80.6 cm³/mol. The van der Waals surface area contributed by atoms with E-state index in [2.05, 4.69) is 37.5 Å². The number of benzene rings is 1. The van der Waals surface area contributed by atoms with Crippen LogP contribution in [0, 0.1) is 0 Å². The van der Waals surface area contributed by atoms with Gasteiger partial charge in [0.05, 0.1) is 17.9 Å². The number of nitrogens with one attached hydrogen (secondary N) is 2. The van der Waals surface area contributed by atoms with E-state index in [1.165, 1.54) is 12.8 Å². The van der Waals surface area contributed by atoms with Crippen LogP contribution in [0.5, 0.6) is 0 Å². The van der Waals surface area contributed by atoms with E-state index < -0.39 is 0 Å². The van der Waals surface area contributed by atoms with Crippen LogP contribution >= 0.6 is 15.9 Å². The van der Waals surface area contributed by atoms with Crippen LogP contribution in [0.1, 0.15) is 19.3 Å². The van der Waals surface area contributed by atoms with E-state index in [0.717, 1.165) is 35.4 Å². The first-order chi connectivity index (χ1) is 9.22. The van der Waals surface area contributed by atoms with Crippen molar-refractivity contribution >= 4 is 33.2 Å². The Hall–Kier alpha value is -1.07. The average molecular weight is 324 g/mol. The molecule has 19 heavy (non-hydrogen) atoms. The SMILES string of the molecule is O=C1CN(CCC2CCCN2)c2ccc(Br)cc2N1. The lowest BCUT2D eigenvalue weighted by atomic mass is 10.1. The molecule has 0 radical (unpaired) electrons. The number of rotatable bonds is 3.